The molecule has 5 nitrogen and oxygen atoms in total. The number of amides is 1. The maximum atomic E-state index is 12.6. The molecular formula is C16H24N4O. The van der Waals surface area contributed by atoms with Gasteiger partial charge in [0, 0.05) is 44.1 Å². The zero-order valence-corrected chi connectivity index (χ0v) is 12.9. The van der Waals surface area contributed by atoms with E-state index in [1.165, 1.54) is 5.69 Å². The molecule has 1 atom stereocenters. The molecule has 1 aromatic rings. The summed E-state index contributed by atoms with van der Waals surface area (Å²) in [5, 5.41) is 3.31. The number of rotatable bonds is 4. The molecule has 1 unspecified atom stereocenters. The van der Waals surface area contributed by atoms with Crippen LogP contribution in [0, 0.1) is 0 Å². The fraction of sp³-hybridized carbons (Fsp3) is 0.562. The summed E-state index contributed by atoms with van der Waals surface area (Å²) in [6.07, 6.45) is 0. The molecule has 1 aromatic carbocycles. The average Bonchev–Trinajstić information content (AvgIpc) is 2.87. The molecule has 2 saturated heterocycles. The molecule has 3 rings (SSSR count). The first kappa shape index (κ1) is 14.4. The third-order valence-electron chi connectivity index (χ3n) is 4.50. The zero-order chi connectivity index (χ0) is 14.8. The molecule has 2 aliphatic heterocycles. The minimum absolute atomic E-state index is 0.0101. The van der Waals surface area contributed by atoms with Crippen LogP contribution in [0.5, 0.6) is 0 Å². The summed E-state index contributed by atoms with van der Waals surface area (Å²) >= 11 is 0. The Morgan fingerprint density at radius 1 is 1.33 bits per heavy atom. The Labute approximate surface area is 126 Å². The molecule has 5 heteroatoms. The number of fused-ring (bicyclic) bond motifs is 1. The van der Waals surface area contributed by atoms with Crippen LogP contribution < -0.4 is 15.1 Å². The van der Waals surface area contributed by atoms with Gasteiger partial charge >= 0.3 is 0 Å². The molecule has 0 bridgehead atoms. The third-order valence-corrected chi connectivity index (χ3v) is 4.50. The predicted molar refractivity (Wildman–Crippen MR) is 85.7 cm³/mol. The zero-order valence-electron chi connectivity index (χ0n) is 12.9. The first-order valence-electron chi connectivity index (χ1n) is 7.85. The van der Waals surface area contributed by atoms with Gasteiger partial charge in [-0.2, -0.15) is 0 Å². The lowest BCUT2D eigenvalue weighted by Gasteiger charge is -2.26. The monoisotopic (exact) mass is 288 g/mol. The van der Waals surface area contributed by atoms with E-state index in [1.54, 1.807) is 0 Å². The Morgan fingerprint density at radius 3 is 2.86 bits per heavy atom. The van der Waals surface area contributed by atoms with Crippen molar-refractivity contribution in [3.63, 3.8) is 0 Å². The summed E-state index contributed by atoms with van der Waals surface area (Å²) < 4.78 is 0. The number of hydrogen-bond donors (Lipinski definition) is 1. The number of anilines is 2. The second-order valence-corrected chi connectivity index (χ2v) is 5.63. The molecule has 0 aromatic heterocycles. The number of hydrogen-bond acceptors (Lipinski definition) is 4. The maximum Gasteiger partial charge on any atom is 0.246 e. The third kappa shape index (κ3) is 2.63. The van der Waals surface area contributed by atoms with Crippen molar-refractivity contribution in [3.05, 3.63) is 24.3 Å². The highest BCUT2D eigenvalue weighted by Crippen LogP contribution is 2.27. The van der Waals surface area contributed by atoms with E-state index in [9.17, 15) is 4.79 Å². The quantitative estimate of drug-likeness (QED) is 0.901. The van der Waals surface area contributed by atoms with Gasteiger partial charge in [0.25, 0.3) is 0 Å². The van der Waals surface area contributed by atoms with Gasteiger partial charge in [-0.1, -0.05) is 6.07 Å². The van der Waals surface area contributed by atoms with Gasteiger partial charge in [-0.05, 0) is 32.0 Å². The number of carbonyl (C=O) groups is 1. The van der Waals surface area contributed by atoms with E-state index in [1.807, 2.05) is 17.0 Å². The highest BCUT2D eigenvalue weighted by molar-refractivity contribution is 5.99. The number of carbonyl (C=O) groups excluding carboxylic acids is 1. The maximum absolute atomic E-state index is 12.6. The van der Waals surface area contributed by atoms with Gasteiger partial charge in [-0.15, -0.1) is 0 Å². The Kier molecular flexibility index (Phi) is 4.12. The second kappa shape index (κ2) is 6.03. The summed E-state index contributed by atoms with van der Waals surface area (Å²) in [5.41, 5.74) is 2.20. The van der Waals surface area contributed by atoms with Crippen molar-refractivity contribution in [3.8, 4) is 0 Å². The molecule has 1 amide bonds. The molecule has 1 N–H and O–H groups in total. The predicted octanol–water partition coefficient (Wildman–Crippen LogP) is 1.11. The smallest absolute Gasteiger partial charge is 0.246 e. The highest BCUT2D eigenvalue weighted by Gasteiger charge is 2.40. The van der Waals surface area contributed by atoms with Crippen LogP contribution in [0.1, 0.15) is 13.8 Å². The van der Waals surface area contributed by atoms with Crippen molar-refractivity contribution in [2.24, 2.45) is 0 Å². The van der Waals surface area contributed by atoms with E-state index in [2.05, 4.69) is 41.1 Å². The van der Waals surface area contributed by atoms with Crippen molar-refractivity contribution in [2.45, 2.75) is 19.9 Å². The average molecular weight is 288 g/mol. The van der Waals surface area contributed by atoms with E-state index < -0.39 is 0 Å². The van der Waals surface area contributed by atoms with Crippen molar-refractivity contribution >= 4 is 17.3 Å². The van der Waals surface area contributed by atoms with Gasteiger partial charge < -0.3 is 10.2 Å². The molecule has 2 heterocycles. The first-order chi connectivity index (χ1) is 10.2. The van der Waals surface area contributed by atoms with Crippen LogP contribution >= 0.6 is 0 Å². The Morgan fingerprint density at radius 2 is 2.14 bits per heavy atom. The molecular weight excluding hydrogens is 264 g/mol. The highest BCUT2D eigenvalue weighted by atomic mass is 16.2. The Bertz CT molecular complexity index is 515. The van der Waals surface area contributed by atoms with Crippen LogP contribution in [-0.2, 0) is 4.79 Å². The van der Waals surface area contributed by atoms with Gasteiger partial charge in [0.15, 0.2) is 0 Å². The summed E-state index contributed by atoms with van der Waals surface area (Å²) in [6, 6.07) is 8.35. The molecule has 0 saturated carbocycles. The van der Waals surface area contributed by atoms with Gasteiger partial charge in [-0.25, -0.2) is 0 Å². The van der Waals surface area contributed by atoms with Crippen molar-refractivity contribution in [1.82, 2.24) is 10.2 Å². The van der Waals surface area contributed by atoms with Crippen molar-refractivity contribution < 1.29 is 4.79 Å². The lowest BCUT2D eigenvalue weighted by atomic mass is 10.2. The number of benzene rings is 1. The second-order valence-electron chi connectivity index (χ2n) is 5.63. The lowest BCUT2D eigenvalue weighted by Crippen LogP contribution is -2.50. The number of nitrogens with zero attached hydrogens (tertiary/aromatic N) is 3. The van der Waals surface area contributed by atoms with Crippen LogP contribution in [0.4, 0.5) is 11.4 Å². The first-order valence-corrected chi connectivity index (χ1v) is 7.85. The van der Waals surface area contributed by atoms with E-state index in [4.69, 9.17) is 0 Å². The van der Waals surface area contributed by atoms with Crippen molar-refractivity contribution in [1.29, 1.82) is 0 Å². The van der Waals surface area contributed by atoms with E-state index in [-0.39, 0.29) is 11.9 Å². The summed E-state index contributed by atoms with van der Waals surface area (Å²) in [7, 11) is 0. The van der Waals surface area contributed by atoms with Gasteiger partial charge in [0.2, 0.25) is 5.91 Å². The molecule has 0 radical (unpaired) electrons. The standard InChI is InChI=1S/C16H24N4O/c1-3-18(4-2)13-6-5-7-14(10-13)20-12-19-9-8-17-11-15(19)16(20)21/h5-7,10,15,17H,3-4,8-9,11-12H2,1-2H3. The largest absolute Gasteiger partial charge is 0.372 e. The van der Waals surface area contributed by atoms with Crippen LogP contribution in [-0.4, -0.2) is 56.2 Å². The van der Waals surface area contributed by atoms with Crippen LogP contribution in [0.2, 0.25) is 0 Å². The number of piperazine rings is 1. The SMILES string of the molecule is CCN(CC)c1cccc(N2CN3CCNCC3C2=O)c1. The van der Waals surface area contributed by atoms with E-state index >= 15 is 0 Å². The topological polar surface area (TPSA) is 38.8 Å². The molecule has 114 valence electrons. The summed E-state index contributed by atoms with van der Waals surface area (Å²) in [5.74, 6) is 0.221. The lowest BCUT2D eigenvalue weighted by molar-refractivity contribution is -0.119. The minimum atomic E-state index is 0.0101. The molecule has 0 aliphatic carbocycles. The van der Waals surface area contributed by atoms with E-state index in [0.29, 0.717) is 6.67 Å². The minimum Gasteiger partial charge on any atom is -0.372 e. The summed E-state index contributed by atoms with van der Waals surface area (Å²) in [4.78, 5) is 19.1. The fourth-order valence-corrected chi connectivity index (χ4v) is 3.25. The normalized spacial score (nSPS) is 22.5. The summed E-state index contributed by atoms with van der Waals surface area (Å²) in [6.45, 7) is 9.67. The van der Waals surface area contributed by atoms with Crippen LogP contribution in [0.3, 0.4) is 0 Å². The molecule has 2 aliphatic rings. The fourth-order valence-electron chi connectivity index (χ4n) is 3.25. The number of nitrogens with one attached hydrogen (secondary N) is 1. The van der Waals surface area contributed by atoms with Gasteiger partial charge in [-0.3, -0.25) is 14.6 Å². The Hall–Kier alpha value is -1.59. The molecule has 0 spiro atoms. The van der Waals surface area contributed by atoms with Gasteiger partial charge in [0.1, 0.15) is 6.04 Å². The van der Waals surface area contributed by atoms with Crippen LogP contribution in [0.25, 0.3) is 0 Å². The molecule has 2 fully saturated rings. The van der Waals surface area contributed by atoms with Gasteiger partial charge in [0.05, 0.1) is 6.67 Å². The van der Waals surface area contributed by atoms with Crippen molar-refractivity contribution in [2.75, 3.05) is 49.2 Å². The Balaban J connectivity index is 1.84. The molecule has 21 heavy (non-hydrogen) atoms. The van der Waals surface area contributed by atoms with E-state index in [0.717, 1.165) is 38.4 Å². The van der Waals surface area contributed by atoms with Crippen LogP contribution in [0.15, 0.2) is 24.3 Å².